The van der Waals surface area contributed by atoms with E-state index in [-0.39, 0.29) is 25.2 Å². The third-order valence-corrected chi connectivity index (χ3v) is 14.7. The van der Waals surface area contributed by atoms with Gasteiger partial charge in [0, 0.05) is 56.7 Å². The van der Waals surface area contributed by atoms with E-state index in [9.17, 15) is 15.3 Å². The van der Waals surface area contributed by atoms with Crippen LogP contribution in [0.5, 0.6) is 17.2 Å². The predicted molar refractivity (Wildman–Crippen MR) is 293 cm³/mol. The van der Waals surface area contributed by atoms with Gasteiger partial charge in [0.1, 0.15) is 17.2 Å². The van der Waals surface area contributed by atoms with Crippen LogP contribution in [0, 0.1) is 0 Å². The second-order valence-corrected chi connectivity index (χ2v) is 18.7. The lowest BCUT2D eigenvalue weighted by Gasteiger charge is -2.39. The molecule has 0 unspecified atom stereocenters. The van der Waals surface area contributed by atoms with E-state index in [2.05, 4.69) is 157 Å². The van der Waals surface area contributed by atoms with Gasteiger partial charge in [-0.15, -0.1) is 0 Å². The summed E-state index contributed by atoms with van der Waals surface area (Å²) in [4.78, 5) is 4.56. The molecule has 0 atom stereocenters. The molecule has 0 radical (unpaired) electrons. The Hall–Kier alpha value is -7.36. The number of hydrogen-bond acceptors (Lipinski definition) is 8. The first-order valence-electron chi connectivity index (χ1n) is 25.3. The summed E-state index contributed by atoms with van der Waals surface area (Å²) in [6, 6.07) is 59.9. The molecule has 9 rings (SSSR count). The van der Waals surface area contributed by atoms with Gasteiger partial charge in [-0.25, -0.2) is 0 Å². The molecule has 8 aromatic carbocycles. The van der Waals surface area contributed by atoms with Crippen LogP contribution in [0.3, 0.4) is 0 Å². The van der Waals surface area contributed by atoms with Crippen molar-refractivity contribution in [3.05, 3.63) is 209 Å². The smallest absolute Gasteiger partial charge is 0.128 e. The maximum Gasteiger partial charge on any atom is 0.128 e. The fourth-order valence-corrected chi connectivity index (χ4v) is 10.7. The Balaban J connectivity index is 1.08. The van der Waals surface area contributed by atoms with E-state index in [1.807, 2.05) is 36.4 Å². The fourth-order valence-electron chi connectivity index (χ4n) is 10.7. The van der Waals surface area contributed by atoms with Crippen molar-refractivity contribution in [2.45, 2.75) is 84.0 Å². The molecule has 8 aromatic rings. The maximum absolute atomic E-state index is 10.8. The Labute approximate surface area is 425 Å². The SMILES string of the molecule is CCc1ccc(N(c2ccc(C3(c4ccc(N(c5ccc(CC)cc5)c5ccc(-c6ccc(OC)cc6CO)c(OC)c5)cc4)CCCCC3)cc2)c2ccc(-c3ccc(CO)cc3OC)c(CO)c2)cc1. The molecule has 0 saturated heterocycles. The Morgan fingerprint density at radius 3 is 1.25 bits per heavy atom. The van der Waals surface area contributed by atoms with Crippen LogP contribution in [-0.2, 0) is 38.1 Å². The Bertz CT molecular complexity index is 2880. The highest BCUT2D eigenvalue weighted by atomic mass is 16.5. The molecule has 1 saturated carbocycles. The minimum atomic E-state index is -0.166. The van der Waals surface area contributed by atoms with Gasteiger partial charge in [0.2, 0.25) is 0 Å². The largest absolute Gasteiger partial charge is 0.497 e. The average Bonchev–Trinajstić information content (AvgIpc) is 3.45. The number of aryl methyl sites for hydroxylation is 2. The molecule has 8 nitrogen and oxygen atoms in total. The molecular weight excluding hydrogens is 893 g/mol. The minimum absolute atomic E-state index is 0.0815. The van der Waals surface area contributed by atoms with Gasteiger partial charge in [-0.05, 0) is 167 Å². The summed E-state index contributed by atoms with van der Waals surface area (Å²) < 4.78 is 17.3. The summed E-state index contributed by atoms with van der Waals surface area (Å²) in [5.74, 6) is 2.04. The van der Waals surface area contributed by atoms with Gasteiger partial charge in [0.25, 0.3) is 0 Å². The van der Waals surface area contributed by atoms with Gasteiger partial charge in [0.05, 0.1) is 41.2 Å². The first kappa shape index (κ1) is 49.6. The molecule has 0 spiro atoms. The van der Waals surface area contributed by atoms with Crippen LogP contribution in [0.15, 0.2) is 170 Å². The molecule has 0 bridgehead atoms. The molecule has 1 fully saturated rings. The van der Waals surface area contributed by atoms with Crippen LogP contribution in [0.4, 0.5) is 34.1 Å². The number of methoxy groups -OCH3 is 3. The average molecular weight is 959 g/mol. The number of benzene rings is 8. The number of rotatable bonds is 18. The maximum atomic E-state index is 10.8. The predicted octanol–water partition coefficient (Wildman–Crippen LogP) is 14.8. The highest BCUT2D eigenvalue weighted by Crippen LogP contribution is 2.48. The van der Waals surface area contributed by atoms with Gasteiger partial charge in [0.15, 0.2) is 0 Å². The lowest BCUT2D eigenvalue weighted by atomic mass is 9.65. The second-order valence-electron chi connectivity index (χ2n) is 18.7. The van der Waals surface area contributed by atoms with Crippen molar-refractivity contribution in [3.8, 4) is 39.5 Å². The number of aliphatic hydroxyl groups is 3. The van der Waals surface area contributed by atoms with Crippen molar-refractivity contribution in [1.29, 1.82) is 0 Å². The van der Waals surface area contributed by atoms with Crippen molar-refractivity contribution in [2.24, 2.45) is 0 Å². The summed E-state index contributed by atoms with van der Waals surface area (Å²) in [6.07, 6.45) is 7.53. The van der Waals surface area contributed by atoms with Crippen LogP contribution in [-0.4, -0.2) is 36.6 Å². The van der Waals surface area contributed by atoms with Gasteiger partial charge < -0.3 is 39.3 Å². The highest BCUT2D eigenvalue weighted by molar-refractivity contribution is 5.84. The van der Waals surface area contributed by atoms with Crippen LogP contribution >= 0.6 is 0 Å². The van der Waals surface area contributed by atoms with E-state index < -0.39 is 0 Å². The van der Waals surface area contributed by atoms with Gasteiger partial charge in [-0.3, -0.25) is 0 Å². The van der Waals surface area contributed by atoms with E-state index in [4.69, 9.17) is 14.2 Å². The first-order valence-corrected chi connectivity index (χ1v) is 25.3. The first-order chi connectivity index (χ1) is 35.3. The van der Waals surface area contributed by atoms with Crippen molar-refractivity contribution in [2.75, 3.05) is 31.1 Å². The molecule has 0 amide bonds. The van der Waals surface area contributed by atoms with Gasteiger partial charge in [-0.2, -0.15) is 0 Å². The molecule has 0 aromatic heterocycles. The van der Waals surface area contributed by atoms with Crippen LogP contribution in [0.1, 0.15) is 84.9 Å². The van der Waals surface area contributed by atoms with E-state index in [0.717, 1.165) is 112 Å². The quantitative estimate of drug-likeness (QED) is 0.0783. The second kappa shape index (κ2) is 22.4. The van der Waals surface area contributed by atoms with Gasteiger partial charge >= 0.3 is 0 Å². The monoisotopic (exact) mass is 958 g/mol. The summed E-state index contributed by atoms with van der Waals surface area (Å²) in [6.45, 7) is 3.98. The third-order valence-electron chi connectivity index (χ3n) is 14.7. The lowest BCUT2D eigenvalue weighted by Crippen LogP contribution is -2.30. The minimum Gasteiger partial charge on any atom is -0.497 e. The summed E-state index contributed by atoms with van der Waals surface area (Å²) in [5, 5.41) is 31.0. The van der Waals surface area contributed by atoms with Gasteiger partial charge in [-0.1, -0.05) is 106 Å². The van der Waals surface area contributed by atoms with E-state index >= 15 is 0 Å². The molecule has 3 N–H and O–H groups in total. The number of ether oxygens (including phenoxy) is 3. The zero-order valence-electron chi connectivity index (χ0n) is 42.2. The van der Waals surface area contributed by atoms with E-state index in [0.29, 0.717) is 17.2 Å². The summed E-state index contributed by atoms with van der Waals surface area (Å²) in [7, 11) is 4.96. The van der Waals surface area contributed by atoms with Crippen molar-refractivity contribution in [1.82, 2.24) is 0 Å². The van der Waals surface area contributed by atoms with Crippen LogP contribution in [0.25, 0.3) is 22.3 Å². The summed E-state index contributed by atoms with van der Waals surface area (Å²) >= 11 is 0. The van der Waals surface area contributed by atoms with Crippen LogP contribution in [0.2, 0.25) is 0 Å². The van der Waals surface area contributed by atoms with Crippen LogP contribution < -0.4 is 24.0 Å². The number of aliphatic hydroxyl groups excluding tert-OH is 3. The van der Waals surface area contributed by atoms with E-state index in [1.54, 1.807) is 21.3 Å². The Kier molecular flexibility index (Phi) is 15.4. The van der Waals surface area contributed by atoms with Crippen molar-refractivity contribution in [3.63, 3.8) is 0 Å². The normalized spacial score (nSPS) is 13.1. The topological polar surface area (TPSA) is 94.9 Å². The number of nitrogens with zero attached hydrogens (tertiary/aromatic N) is 2. The summed E-state index contributed by atoms with van der Waals surface area (Å²) in [5.41, 5.74) is 16.8. The molecule has 1 aliphatic carbocycles. The zero-order valence-corrected chi connectivity index (χ0v) is 42.2. The fraction of sp³-hybridized carbons (Fsp3) is 0.250. The molecule has 1 aliphatic rings. The number of anilines is 6. The van der Waals surface area contributed by atoms with E-state index in [1.165, 1.54) is 28.7 Å². The van der Waals surface area contributed by atoms with Crippen molar-refractivity contribution >= 4 is 34.1 Å². The Morgan fingerprint density at radius 2 is 0.792 bits per heavy atom. The standard InChI is InChI=1S/C64H66N2O6/c1-6-44-11-20-51(21-12-44)65(55-28-32-58(47(38-55)42-68)60-31-15-46(41-67)37-62(60)71-4)53-24-16-49(17-25-53)64(35-9-8-10-36-64)50-18-26-54(27-19-50)66(52-22-13-45(7-2)14-23-52)56-29-33-61(63(40-56)72-5)59-34-30-57(70-3)39-48(59)43-69/h11-34,37-40,67-69H,6-10,35-36,41-43H2,1-5H3. The number of hydrogen-bond donors (Lipinski definition) is 3. The lowest BCUT2D eigenvalue weighted by molar-refractivity contribution is 0.280. The molecule has 0 aliphatic heterocycles. The molecule has 8 heteroatoms. The molecule has 72 heavy (non-hydrogen) atoms. The third kappa shape index (κ3) is 9.95. The highest BCUT2D eigenvalue weighted by Gasteiger charge is 2.36. The Morgan fingerprint density at radius 1 is 0.389 bits per heavy atom. The molecule has 0 heterocycles. The molecule has 368 valence electrons. The van der Waals surface area contributed by atoms with Crippen molar-refractivity contribution < 1.29 is 29.5 Å². The molecular formula is C64H66N2O6. The zero-order chi connectivity index (χ0) is 50.2.